The second kappa shape index (κ2) is 8.37. The Balaban J connectivity index is 1.78. The van der Waals surface area contributed by atoms with Gasteiger partial charge < -0.3 is 4.74 Å². The number of carbonyl (C=O) groups excluding carboxylic acids is 1. The van der Waals surface area contributed by atoms with Crippen LogP contribution in [0.5, 0.6) is 5.75 Å². The monoisotopic (exact) mass is 400 g/mol. The van der Waals surface area contributed by atoms with Gasteiger partial charge in [0, 0.05) is 10.5 Å². The average Bonchev–Trinajstić information content (AvgIpc) is 3.11. The number of carbonyl (C=O) groups is 1. The summed E-state index contributed by atoms with van der Waals surface area (Å²) in [4.78, 5) is 14.4. The Morgan fingerprint density at radius 3 is 2.24 bits per heavy atom. The summed E-state index contributed by atoms with van der Waals surface area (Å²) in [5, 5.41) is 6.12. The summed E-state index contributed by atoms with van der Waals surface area (Å²) in [6.45, 7) is 0. The van der Waals surface area contributed by atoms with Crippen molar-refractivity contribution in [3.05, 3.63) is 95.6 Å². The van der Waals surface area contributed by atoms with Crippen molar-refractivity contribution in [1.82, 2.24) is 0 Å². The predicted octanol–water partition coefficient (Wildman–Crippen LogP) is 5.25. The Bertz CT molecular complexity index is 1070. The van der Waals surface area contributed by atoms with Crippen molar-refractivity contribution in [2.75, 3.05) is 18.4 Å². The molecule has 29 heavy (non-hydrogen) atoms. The zero-order valence-corrected chi connectivity index (χ0v) is 17.0. The normalized spacial score (nSPS) is 15.0. The first-order chi connectivity index (χ1) is 14.2. The lowest BCUT2D eigenvalue weighted by Crippen LogP contribution is -2.21. The number of para-hydroxylation sites is 1. The van der Waals surface area contributed by atoms with E-state index in [4.69, 9.17) is 4.74 Å². The van der Waals surface area contributed by atoms with Crippen molar-refractivity contribution in [3.63, 3.8) is 0 Å². The summed E-state index contributed by atoms with van der Waals surface area (Å²) >= 11 is 1.69. The first-order valence-corrected chi connectivity index (χ1v) is 10.4. The number of anilines is 1. The number of ether oxygens (including phenoxy) is 1. The van der Waals surface area contributed by atoms with Crippen LogP contribution in [0.1, 0.15) is 11.1 Å². The zero-order valence-electron chi connectivity index (χ0n) is 16.2. The van der Waals surface area contributed by atoms with Crippen LogP contribution in [0, 0.1) is 0 Å². The molecule has 5 heteroatoms. The molecule has 4 rings (SSSR count). The van der Waals surface area contributed by atoms with Crippen molar-refractivity contribution in [1.29, 1.82) is 0 Å². The van der Waals surface area contributed by atoms with Gasteiger partial charge >= 0.3 is 0 Å². The van der Waals surface area contributed by atoms with Crippen molar-refractivity contribution >= 4 is 35.1 Å². The minimum Gasteiger partial charge on any atom is -0.497 e. The fourth-order valence-corrected chi connectivity index (χ4v) is 3.53. The number of nitrogens with zero attached hydrogens (tertiary/aromatic N) is 2. The molecule has 0 saturated carbocycles. The molecule has 0 spiro atoms. The Morgan fingerprint density at radius 2 is 1.62 bits per heavy atom. The van der Waals surface area contributed by atoms with Crippen LogP contribution >= 0.6 is 11.8 Å². The Labute approximate surface area is 174 Å². The van der Waals surface area contributed by atoms with Crippen LogP contribution in [-0.2, 0) is 4.79 Å². The van der Waals surface area contributed by atoms with Crippen molar-refractivity contribution in [3.8, 4) is 5.75 Å². The number of hydrogen-bond acceptors (Lipinski definition) is 4. The van der Waals surface area contributed by atoms with Gasteiger partial charge in [0.25, 0.3) is 5.91 Å². The fourth-order valence-electron chi connectivity index (χ4n) is 3.12. The molecule has 0 radical (unpaired) electrons. The smallest absolute Gasteiger partial charge is 0.281 e. The van der Waals surface area contributed by atoms with E-state index in [-0.39, 0.29) is 5.91 Å². The van der Waals surface area contributed by atoms with Crippen LogP contribution in [0.25, 0.3) is 6.08 Å². The highest BCUT2D eigenvalue weighted by Gasteiger charge is 2.32. The molecule has 1 aliphatic heterocycles. The molecule has 0 saturated heterocycles. The highest BCUT2D eigenvalue weighted by Crippen LogP contribution is 2.28. The second-order valence-corrected chi connectivity index (χ2v) is 7.34. The molecule has 0 unspecified atom stereocenters. The first-order valence-electron chi connectivity index (χ1n) is 9.18. The second-order valence-electron chi connectivity index (χ2n) is 6.46. The van der Waals surface area contributed by atoms with Crippen LogP contribution in [0.2, 0.25) is 0 Å². The highest BCUT2D eigenvalue weighted by atomic mass is 32.2. The number of methoxy groups -OCH3 is 1. The molecule has 1 amide bonds. The first kappa shape index (κ1) is 19.0. The number of thioether (sulfide) groups is 1. The van der Waals surface area contributed by atoms with Gasteiger partial charge in [-0.3, -0.25) is 4.79 Å². The van der Waals surface area contributed by atoms with Crippen LogP contribution in [0.15, 0.2) is 94.4 Å². The van der Waals surface area contributed by atoms with E-state index < -0.39 is 0 Å². The van der Waals surface area contributed by atoms with Crippen LogP contribution < -0.4 is 9.75 Å². The van der Waals surface area contributed by atoms with Gasteiger partial charge in [0.1, 0.15) is 11.5 Å². The molecule has 0 N–H and O–H groups in total. The molecule has 1 heterocycles. The number of hydrazone groups is 1. The predicted molar refractivity (Wildman–Crippen MR) is 120 cm³/mol. The van der Waals surface area contributed by atoms with Crippen LogP contribution in [0.3, 0.4) is 0 Å². The maximum atomic E-state index is 13.3. The summed E-state index contributed by atoms with van der Waals surface area (Å²) in [5.74, 6) is 0.618. The van der Waals surface area contributed by atoms with Gasteiger partial charge in [-0.15, -0.1) is 11.8 Å². The van der Waals surface area contributed by atoms with Gasteiger partial charge in [-0.05, 0) is 66.4 Å². The van der Waals surface area contributed by atoms with E-state index in [9.17, 15) is 4.79 Å². The standard InChI is InChI=1S/C24H20N2O2S/c1-28-20-12-10-18(11-13-20)23-22(16-17-8-14-21(29-2)15-9-17)24(27)26(25-23)19-6-4-3-5-7-19/h3-16H,1-2H3. The molecule has 0 atom stereocenters. The third-order valence-corrected chi connectivity index (χ3v) is 5.41. The van der Waals surface area contributed by atoms with Gasteiger partial charge in [0.2, 0.25) is 0 Å². The van der Waals surface area contributed by atoms with E-state index in [0.717, 1.165) is 22.6 Å². The minimum absolute atomic E-state index is 0.143. The van der Waals surface area contributed by atoms with Gasteiger partial charge in [-0.1, -0.05) is 30.3 Å². The van der Waals surface area contributed by atoms with E-state index in [1.54, 1.807) is 18.9 Å². The van der Waals surface area contributed by atoms with E-state index >= 15 is 0 Å². The van der Waals surface area contributed by atoms with Gasteiger partial charge in [-0.25, -0.2) is 0 Å². The largest absolute Gasteiger partial charge is 0.497 e. The summed E-state index contributed by atoms with van der Waals surface area (Å²) in [6.07, 6.45) is 3.94. The van der Waals surface area contributed by atoms with Crippen molar-refractivity contribution in [2.24, 2.45) is 5.10 Å². The Morgan fingerprint density at radius 1 is 0.931 bits per heavy atom. The molecular formula is C24H20N2O2S. The summed E-state index contributed by atoms with van der Waals surface area (Å²) < 4.78 is 5.25. The molecular weight excluding hydrogens is 380 g/mol. The number of hydrogen-bond donors (Lipinski definition) is 0. The number of rotatable bonds is 5. The highest BCUT2D eigenvalue weighted by molar-refractivity contribution is 7.98. The maximum absolute atomic E-state index is 13.3. The third kappa shape index (κ3) is 3.96. The van der Waals surface area contributed by atoms with Crippen LogP contribution in [-0.4, -0.2) is 25.0 Å². The average molecular weight is 401 g/mol. The van der Waals surface area contributed by atoms with E-state index in [0.29, 0.717) is 11.3 Å². The van der Waals surface area contributed by atoms with E-state index in [2.05, 4.69) is 17.2 Å². The lowest BCUT2D eigenvalue weighted by Gasteiger charge is -2.10. The number of benzene rings is 3. The van der Waals surface area contributed by atoms with Gasteiger partial charge in [0.15, 0.2) is 0 Å². The minimum atomic E-state index is -0.143. The Hall–Kier alpha value is -3.31. The van der Waals surface area contributed by atoms with E-state index in [1.807, 2.05) is 79.1 Å². The summed E-state index contributed by atoms with van der Waals surface area (Å²) in [6, 6.07) is 25.2. The molecule has 0 bridgehead atoms. The summed E-state index contributed by atoms with van der Waals surface area (Å²) in [7, 11) is 1.63. The molecule has 0 fully saturated rings. The van der Waals surface area contributed by atoms with Crippen molar-refractivity contribution < 1.29 is 9.53 Å². The molecule has 0 aromatic heterocycles. The van der Waals surface area contributed by atoms with Gasteiger partial charge in [-0.2, -0.15) is 10.1 Å². The van der Waals surface area contributed by atoms with Crippen molar-refractivity contribution in [2.45, 2.75) is 4.90 Å². The third-order valence-electron chi connectivity index (χ3n) is 4.67. The lowest BCUT2D eigenvalue weighted by atomic mass is 10.00. The molecule has 0 aliphatic carbocycles. The molecule has 4 nitrogen and oxygen atoms in total. The van der Waals surface area contributed by atoms with Gasteiger partial charge in [0.05, 0.1) is 18.4 Å². The lowest BCUT2D eigenvalue weighted by molar-refractivity contribution is -0.114. The zero-order chi connectivity index (χ0) is 20.2. The topological polar surface area (TPSA) is 41.9 Å². The molecule has 144 valence electrons. The molecule has 3 aromatic carbocycles. The summed E-state index contributed by atoms with van der Waals surface area (Å²) in [5.41, 5.74) is 3.78. The Kier molecular flexibility index (Phi) is 5.49. The number of amides is 1. The maximum Gasteiger partial charge on any atom is 0.281 e. The molecule has 3 aromatic rings. The van der Waals surface area contributed by atoms with E-state index in [1.165, 1.54) is 9.90 Å². The SMILES string of the molecule is COc1ccc(C2=NN(c3ccccc3)C(=O)C2=Cc2ccc(SC)cc2)cc1. The fraction of sp³-hybridized carbons (Fsp3) is 0.0833. The quantitative estimate of drug-likeness (QED) is 0.434. The van der Waals surface area contributed by atoms with Crippen LogP contribution in [0.4, 0.5) is 5.69 Å². The molecule has 1 aliphatic rings.